The molecule has 1 amide bonds. The smallest absolute Gasteiger partial charge is 0.329 e. The Labute approximate surface area is 393 Å². The van der Waals surface area contributed by atoms with Gasteiger partial charge in [-0.25, -0.2) is 4.79 Å². The number of nitrogens with zero attached hydrogens (tertiary/aromatic N) is 1. The van der Waals surface area contributed by atoms with E-state index in [-0.39, 0.29) is 79.9 Å². The quantitative estimate of drug-likeness (QED) is 0.0933. The second kappa shape index (κ2) is 25.0. The standard InChI is InChI=1S/C53H77NO12/c1-10-25-63-45-31-38(21-23-44(45)64-32-43(56)40-17-13-12-14-18-40)29-36(6)48-35(5)20-22-42(55)39(11-2)27-33(3)26-34(4)28-46(61-8)49-47(62-9)30-37(7)53(60,66-49)50(57)51(58)54-24-16-15-19-41(54)52(59)65-48/h10,12-14,17-18,27,29,34-35,37-39,41,44-49,60H,1,11,15-16,19-26,28,30-32H2,2-9H3. The van der Waals surface area contributed by atoms with E-state index in [0.717, 1.165) is 17.6 Å². The number of Topliss-reactive ketones (excluding diaryl/α,β-unsaturated/α-hetero) is 3. The van der Waals surface area contributed by atoms with Crippen molar-refractivity contribution in [2.45, 2.75) is 167 Å². The van der Waals surface area contributed by atoms with Crippen LogP contribution in [-0.4, -0.2) is 122 Å². The molecule has 3 fully saturated rings. The van der Waals surface area contributed by atoms with Crippen LogP contribution in [0.25, 0.3) is 0 Å². The van der Waals surface area contributed by atoms with E-state index in [1.807, 2.05) is 45.9 Å². The van der Waals surface area contributed by atoms with E-state index in [0.29, 0.717) is 63.5 Å². The highest BCUT2D eigenvalue weighted by Crippen LogP contribution is 2.39. The van der Waals surface area contributed by atoms with Crippen molar-refractivity contribution in [3.63, 3.8) is 0 Å². The highest BCUT2D eigenvalue weighted by molar-refractivity contribution is 6.39. The fourth-order valence-electron chi connectivity index (χ4n) is 10.6. The summed E-state index contributed by atoms with van der Waals surface area (Å²) >= 11 is 0. The fourth-order valence-corrected chi connectivity index (χ4v) is 10.6. The first-order valence-corrected chi connectivity index (χ1v) is 24.4. The Bertz CT molecular complexity index is 1880. The predicted octanol–water partition coefficient (Wildman–Crippen LogP) is 7.97. The molecule has 5 rings (SSSR count). The van der Waals surface area contributed by atoms with Crippen LogP contribution in [0.4, 0.5) is 0 Å². The number of esters is 1. The van der Waals surface area contributed by atoms with Crippen molar-refractivity contribution in [3.05, 3.63) is 71.8 Å². The van der Waals surface area contributed by atoms with Gasteiger partial charge in [0.05, 0.1) is 31.0 Å². The van der Waals surface area contributed by atoms with Gasteiger partial charge in [0.1, 0.15) is 30.6 Å². The second-order valence-corrected chi connectivity index (χ2v) is 19.5. The van der Waals surface area contributed by atoms with Crippen LogP contribution in [0.1, 0.15) is 129 Å². The summed E-state index contributed by atoms with van der Waals surface area (Å²) < 4.78 is 37.0. The van der Waals surface area contributed by atoms with Crippen molar-refractivity contribution in [2.24, 2.45) is 29.6 Å². The van der Waals surface area contributed by atoms with Gasteiger partial charge in [0.2, 0.25) is 5.79 Å². The first kappa shape index (κ1) is 53.1. The van der Waals surface area contributed by atoms with Gasteiger partial charge in [0.25, 0.3) is 11.7 Å². The largest absolute Gasteiger partial charge is 0.456 e. The maximum Gasteiger partial charge on any atom is 0.329 e. The van der Waals surface area contributed by atoms with Gasteiger partial charge in [-0.05, 0) is 108 Å². The zero-order valence-electron chi connectivity index (χ0n) is 40.7. The monoisotopic (exact) mass is 920 g/mol. The SMILES string of the molecule is C=CCOC1CC(C=C(C)C2OC(=O)C3CCCCN3C(=O)C(=O)C3(O)OC(C(OC)CC(C)CC(C)=CC(CC)C(=O)CCC2C)C(OC)CC3C)CCC1OCC(=O)c1ccccc1. The number of cyclic esters (lactones) is 1. The summed E-state index contributed by atoms with van der Waals surface area (Å²) in [5.41, 5.74) is 2.46. The van der Waals surface area contributed by atoms with Crippen molar-refractivity contribution >= 4 is 29.2 Å². The number of ether oxygens (including phenoxy) is 6. The van der Waals surface area contributed by atoms with E-state index in [1.165, 1.54) is 4.90 Å². The molecule has 3 aliphatic heterocycles. The van der Waals surface area contributed by atoms with Gasteiger partial charge in [-0.3, -0.25) is 19.2 Å². The summed E-state index contributed by atoms with van der Waals surface area (Å²) in [6, 6.07) is 7.98. The number of rotatable bonds is 12. The molecular formula is C53H77NO12. The lowest BCUT2D eigenvalue weighted by molar-refractivity contribution is -0.302. The van der Waals surface area contributed by atoms with E-state index >= 15 is 0 Å². The van der Waals surface area contributed by atoms with Crippen molar-refractivity contribution in [1.29, 1.82) is 0 Å². The Hall–Kier alpha value is -3.85. The van der Waals surface area contributed by atoms with Crippen molar-refractivity contribution in [2.75, 3.05) is 34.0 Å². The highest BCUT2D eigenvalue weighted by Gasteiger charge is 2.56. The summed E-state index contributed by atoms with van der Waals surface area (Å²) in [6.45, 7) is 15.9. The van der Waals surface area contributed by atoms with E-state index in [9.17, 15) is 29.1 Å². The third kappa shape index (κ3) is 13.4. The molecule has 2 saturated heterocycles. The lowest BCUT2D eigenvalue weighted by Gasteiger charge is -2.47. The Kier molecular flexibility index (Phi) is 20.1. The number of carbonyl (C=O) groups excluding carboxylic acids is 5. The third-order valence-corrected chi connectivity index (χ3v) is 14.4. The maximum absolute atomic E-state index is 14.5. The normalized spacial score (nSPS) is 35.0. The van der Waals surface area contributed by atoms with Gasteiger partial charge in [-0.15, -0.1) is 6.58 Å². The van der Waals surface area contributed by atoms with Crippen molar-refractivity contribution in [3.8, 4) is 0 Å². The minimum Gasteiger partial charge on any atom is -0.456 e. The van der Waals surface area contributed by atoms with E-state index in [1.54, 1.807) is 39.4 Å². The molecule has 2 bridgehead atoms. The minimum absolute atomic E-state index is 0.0185. The maximum atomic E-state index is 14.5. The fraction of sp³-hybridized carbons (Fsp3) is 0.679. The molecule has 3 heterocycles. The van der Waals surface area contributed by atoms with Gasteiger partial charge in [-0.1, -0.05) is 81.8 Å². The molecule has 0 radical (unpaired) electrons. The number of benzene rings is 1. The summed E-state index contributed by atoms with van der Waals surface area (Å²) in [5.74, 6) is -6.56. The number of hydrogen-bond donors (Lipinski definition) is 1. The molecule has 1 aliphatic carbocycles. The Morgan fingerprint density at radius 1 is 0.924 bits per heavy atom. The summed E-state index contributed by atoms with van der Waals surface area (Å²) in [4.78, 5) is 71.4. The third-order valence-electron chi connectivity index (χ3n) is 14.4. The molecule has 13 heteroatoms. The zero-order chi connectivity index (χ0) is 48.1. The molecular weight excluding hydrogens is 843 g/mol. The number of methoxy groups -OCH3 is 2. The molecule has 366 valence electrons. The van der Waals surface area contributed by atoms with Crippen LogP contribution in [0.3, 0.4) is 0 Å². The average molecular weight is 920 g/mol. The van der Waals surface area contributed by atoms with Gasteiger partial charge in [-0.2, -0.15) is 0 Å². The molecule has 66 heavy (non-hydrogen) atoms. The van der Waals surface area contributed by atoms with Gasteiger partial charge in [0, 0.05) is 44.6 Å². The summed E-state index contributed by atoms with van der Waals surface area (Å²) in [6.07, 6.45) is 8.72. The van der Waals surface area contributed by atoms with Crippen LogP contribution in [0.5, 0.6) is 0 Å². The van der Waals surface area contributed by atoms with Crippen LogP contribution in [-0.2, 0) is 47.6 Å². The number of fused-ring (bicyclic) bond motifs is 3. The van der Waals surface area contributed by atoms with Crippen molar-refractivity contribution in [1.82, 2.24) is 4.90 Å². The molecule has 4 aliphatic rings. The Balaban J connectivity index is 1.45. The number of carbonyl (C=O) groups is 5. The molecule has 0 aromatic heterocycles. The molecule has 13 unspecified atom stereocenters. The Morgan fingerprint density at radius 3 is 2.32 bits per heavy atom. The molecule has 1 aromatic rings. The number of hydrogen-bond acceptors (Lipinski definition) is 12. The van der Waals surface area contributed by atoms with E-state index < -0.39 is 59.8 Å². The van der Waals surface area contributed by atoms with Gasteiger partial charge >= 0.3 is 5.97 Å². The van der Waals surface area contributed by atoms with Crippen LogP contribution in [0.15, 0.2) is 66.3 Å². The Morgan fingerprint density at radius 2 is 1.64 bits per heavy atom. The highest BCUT2D eigenvalue weighted by atomic mass is 16.7. The number of piperidine rings is 1. The summed E-state index contributed by atoms with van der Waals surface area (Å²) in [7, 11) is 3.10. The number of ketones is 3. The van der Waals surface area contributed by atoms with E-state index in [2.05, 4.69) is 25.7 Å². The lowest BCUT2D eigenvalue weighted by Crippen LogP contribution is -2.64. The topological polar surface area (TPSA) is 164 Å². The second-order valence-electron chi connectivity index (χ2n) is 19.5. The summed E-state index contributed by atoms with van der Waals surface area (Å²) in [5, 5.41) is 12.1. The van der Waals surface area contributed by atoms with Gasteiger partial charge < -0.3 is 38.4 Å². The number of aliphatic hydroxyl groups is 1. The first-order chi connectivity index (χ1) is 31.5. The molecule has 1 N–H and O–H groups in total. The first-order valence-electron chi connectivity index (χ1n) is 24.4. The predicted molar refractivity (Wildman–Crippen MR) is 250 cm³/mol. The van der Waals surface area contributed by atoms with Gasteiger partial charge in [0.15, 0.2) is 5.78 Å². The molecule has 0 spiro atoms. The average Bonchev–Trinajstić information content (AvgIpc) is 3.32. The minimum atomic E-state index is -2.49. The number of amides is 1. The molecule has 13 nitrogen and oxygen atoms in total. The molecule has 1 aromatic carbocycles. The number of allylic oxidation sites excluding steroid dienone is 3. The van der Waals surface area contributed by atoms with Crippen LogP contribution >= 0.6 is 0 Å². The van der Waals surface area contributed by atoms with Crippen LogP contribution in [0, 0.1) is 29.6 Å². The van der Waals surface area contributed by atoms with Crippen LogP contribution in [0.2, 0.25) is 0 Å². The molecule has 13 atom stereocenters. The van der Waals surface area contributed by atoms with E-state index in [4.69, 9.17) is 28.4 Å². The van der Waals surface area contributed by atoms with Crippen LogP contribution < -0.4 is 0 Å². The molecule has 1 saturated carbocycles. The van der Waals surface area contributed by atoms with Crippen molar-refractivity contribution < 1.29 is 57.5 Å². The lowest BCUT2D eigenvalue weighted by atomic mass is 9.82. The zero-order valence-corrected chi connectivity index (χ0v) is 40.7.